The monoisotopic (exact) mass is 209 g/mol. The van der Waals surface area contributed by atoms with Crippen LogP contribution < -0.4 is 5.32 Å². The summed E-state index contributed by atoms with van der Waals surface area (Å²) in [5.74, 6) is -1.58. The first kappa shape index (κ1) is 10.9. The van der Waals surface area contributed by atoms with Crippen LogP contribution in [0.3, 0.4) is 0 Å². The van der Waals surface area contributed by atoms with E-state index in [9.17, 15) is 4.79 Å². The molecule has 0 aromatic heterocycles. The van der Waals surface area contributed by atoms with Crippen molar-refractivity contribution in [3.8, 4) is 12.1 Å². The van der Waals surface area contributed by atoms with Gasteiger partial charge in [-0.05, 0) is 0 Å². The molecule has 3 unspecified atom stereocenters. The summed E-state index contributed by atoms with van der Waals surface area (Å²) in [5, 5.41) is 19.8. The van der Waals surface area contributed by atoms with E-state index in [0.29, 0.717) is 0 Å². The molecule has 0 saturated carbocycles. The highest BCUT2D eigenvalue weighted by Gasteiger charge is 2.49. The van der Waals surface area contributed by atoms with E-state index in [1.807, 2.05) is 6.07 Å². The highest BCUT2D eigenvalue weighted by atomic mass is 32.1. The SMILES string of the molecule is CC1(C)C(C#N)C(=O)NC(S)C1C#N. The van der Waals surface area contributed by atoms with Crippen molar-refractivity contribution in [1.29, 1.82) is 10.5 Å². The summed E-state index contributed by atoms with van der Waals surface area (Å²) in [6.07, 6.45) is 0. The normalized spacial score (nSPS) is 35.2. The second kappa shape index (κ2) is 3.51. The van der Waals surface area contributed by atoms with Crippen molar-refractivity contribution in [2.45, 2.75) is 19.2 Å². The fraction of sp³-hybridized carbons (Fsp3) is 0.667. The lowest BCUT2D eigenvalue weighted by Crippen LogP contribution is -2.55. The van der Waals surface area contributed by atoms with Gasteiger partial charge in [-0.2, -0.15) is 23.2 Å². The van der Waals surface area contributed by atoms with Crippen molar-refractivity contribution in [2.24, 2.45) is 17.3 Å². The largest absolute Gasteiger partial charge is 0.342 e. The molecule has 1 aliphatic heterocycles. The molecule has 1 N–H and O–H groups in total. The molecular weight excluding hydrogens is 198 g/mol. The Kier molecular flexibility index (Phi) is 2.73. The second-order valence-corrected chi connectivity index (χ2v) is 4.50. The highest BCUT2D eigenvalue weighted by molar-refractivity contribution is 7.81. The number of hydrogen-bond donors (Lipinski definition) is 2. The molecule has 0 aromatic carbocycles. The predicted molar refractivity (Wildman–Crippen MR) is 52.9 cm³/mol. The van der Waals surface area contributed by atoms with Gasteiger partial charge in [0.15, 0.2) is 0 Å². The van der Waals surface area contributed by atoms with E-state index >= 15 is 0 Å². The molecule has 3 atom stereocenters. The van der Waals surface area contributed by atoms with Crippen LogP contribution >= 0.6 is 12.6 Å². The molecule has 0 radical (unpaired) electrons. The van der Waals surface area contributed by atoms with Gasteiger partial charge in [0.2, 0.25) is 5.91 Å². The summed E-state index contributed by atoms with van der Waals surface area (Å²) in [5.41, 5.74) is -0.655. The zero-order chi connectivity index (χ0) is 10.9. The third-order valence-electron chi connectivity index (χ3n) is 2.68. The van der Waals surface area contributed by atoms with Crippen molar-refractivity contribution in [3.05, 3.63) is 0 Å². The van der Waals surface area contributed by atoms with Crippen molar-refractivity contribution in [1.82, 2.24) is 5.32 Å². The maximum absolute atomic E-state index is 11.4. The van der Waals surface area contributed by atoms with Gasteiger partial charge >= 0.3 is 0 Å². The standard InChI is InChI=1S/C9H11N3OS/c1-9(2)5(3-10)7(13)12-8(14)6(9)4-11/h5-6,8,14H,1-2H3,(H,12,13). The first-order valence-electron chi connectivity index (χ1n) is 4.22. The predicted octanol–water partition coefficient (Wildman–Crippen LogP) is 0.678. The van der Waals surface area contributed by atoms with Crippen LogP contribution in [0, 0.1) is 39.9 Å². The molecule has 1 aliphatic rings. The second-order valence-electron chi connectivity index (χ2n) is 3.94. The van der Waals surface area contributed by atoms with E-state index in [-0.39, 0.29) is 5.91 Å². The number of carbonyl (C=O) groups excluding carboxylic acids is 1. The van der Waals surface area contributed by atoms with E-state index in [4.69, 9.17) is 10.5 Å². The Labute approximate surface area is 88.3 Å². The van der Waals surface area contributed by atoms with Crippen LogP contribution in [0.5, 0.6) is 0 Å². The van der Waals surface area contributed by atoms with Gasteiger partial charge in [0, 0.05) is 5.41 Å². The molecule has 1 saturated heterocycles. The van der Waals surface area contributed by atoms with Gasteiger partial charge in [-0.25, -0.2) is 0 Å². The molecule has 0 bridgehead atoms. The van der Waals surface area contributed by atoms with Crippen LogP contribution in [0.4, 0.5) is 0 Å². The van der Waals surface area contributed by atoms with Gasteiger partial charge in [-0.3, -0.25) is 4.79 Å². The van der Waals surface area contributed by atoms with Gasteiger partial charge in [0.05, 0.1) is 23.4 Å². The molecule has 0 aliphatic carbocycles. The number of thiol groups is 1. The van der Waals surface area contributed by atoms with E-state index in [1.165, 1.54) is 0 Å². The topological polar surface area (TPSA) is 76.7 Å². The zero-order valence-electron chi connectivity index (χ0n) is 7.98. The molecule has 5 heteroatoms. The minimum Gasteiger partial charge on any atom is -0.342 e. The lowest BCUT2D eigenvalue weighted by molar-refractivity contribution is -0.130. The Morgan fingerprint density at radius 2 is 2.00 bits per heavy atom. The number of rotatable bonds is 0. The summed E-state index contributed by atoms with van der Waals surface area (Å²) in [4.78, 5) is 11.4. The van der Waals surface area contributed by atoms with Crippen molar-refractivity contribution < 1.29 is 4.79 Å². The molecule has 4 nitrogen and oxygen atoms in total. The van der Waals surface area contributed by atoms with Crippen molar-refractivity contribution in [2.75, 3.05) is 0 Å². The van der Waals surface area contributed by atoms with Crippen molar-refractivity contribution >= 4 is 18.5 Å². The summed E-state index contributed by atoms with van der Waals surface area (Å²) >= 11 is 4.12. The maximum atomic E-state index is 11.4. The highest BCUT2D eigenvalue weighted by Crippen LogP contribution is 2.40. The molecular formula is C9H11N3OS. The summed E-state index contributed by atoms with van der Waals surface area (Å²) in [6, 6.07) is 4.02. The summed E-state index contributed by atoms with van der Waals surface area (Å²) < 4.78 is 0. The number of carbonyl (C=O) groups is 1. The summed E-state index contributed by atoms with van der Waals surface area (Å²) in [7, 11) is 0. The van der Waals surface area contributed by atoms with E-state index in [0.717, 1.165) is 0 Å². The number of nitrogens with zero attached hydrogens (tertiary/aromatic N) is 2. The quantitative estimate of drug-likeness (QED) is 0.576. The van der Waals surface area contributed by atoms with Gasteiger partial charge in [0.25, 0.3) is 0 Å². The molecule has 0 spiro atoms. The molecule has 1 rings (SSSR count). The average molecular weight is 209 g/mol. The van der Waals surface area contributed by atoms with Crippen LogP contribution in [0.15, 0.2) is 0 Å². The summed E-state index contributed by atoms with van der Waals surface area (Å²) in [6.45, 7) is 3.49. The van der Waals surface area contributed by atoms with Crippen LogP contribution in [-0.4, -0.2) is 11.3 Å². The number of hydrogen-bond acceptors (Lipinski definition) is 4. The third-order valence-corrected chi connectivity index (χ3v) is 3.11. The minimum absolute atomic E-state index is 0.344. The Morgan fingerprint density at radius 3 is 2.43 bits per heavy atom. The molecule has 1 heterocycles. The smallest absolute Gasteiger partial charge is 0.238 e. The van der Waals surface area contributed by atoms with Crippen LogP contribution in [0.25, 0.3) is 0 Å². The lowest BCUT2D eigenvalue weighted by Gasteiger charge is -2.41. The van der Waals surface area contributed by atoms with E-state index in [2.05, 4.69) is 24.0 Å². The van der Waals surface area contributed by atoms with Gasteiger partial charge in [-0.1, -0.05) is 13.8 Å². The van der Waals surface area contributed by atoms with Crippen LogP contribution in [0.2, 0.25) is 0 Å². The Bertz CT molecular complexity index is 339. The number of amides is 1. The molecule has 1 amide bonds. The van der Waals surface area contributed by atoms with E-state index < -0.39 is 22.6 Å². The Morgan fingerprint density at radius 1 is 1.43 bits per heavy atom. The maximum Gasteiger partial charge on any atom is 0.238 e. The number of nitrogens with one attached hydrogen (secondary N) is 1. The van der Waals surface area contributed by atoms with Gasteiger partial charge in [-0.15, -0.1) is 0 Å². The Balaban J connectivity index is 3.10. The molecule has 14 heavy (non-hydrogen) atoms. The third kappa shape index (κ3) is 1.44. The van der Waals surface area contributed by atoms with Gasteiger partial charge < -0.3 is 5.32 Å². The molecule has 1 fully saturated rings. The van der Waals surface area contributed by atoms with Crippen LogP contribution in [-0.2, 0) is 4.79 Å². The number of nitriles is 2. The fourth-order valence-electron chi connectivity index (χ4n) is 1.70. The first-order valence-corrected chi connectivity index (χ1v) is 4.74. The fourth-order valence-corrected chi connectivity index (χ4v) is 2.28. The van der Waals surface area contributed by atoms with Crippen LogP contribution in [0.1, 0.15) is 13.8 Å². The average Bonchev–Trinajstić information content (AvgIpc) is 2.02. The Hall–Kier alpha value is -1.20. The van der Waals surface area contributed by atoms with E-state index in [1.54, 1.807) is 13.8 Å². The zero-order valence-corrected chi connectivity index (χ0v) is 8.88. The van der Waals surface area contributed by atoms with Gasteiger partial charge in [0.1, 0.15) is 5.92 Å². The first-order chi connectivity index (χ1) is 6.45. The molecule has 74 valence electrons. The number of piperidine rings is 1. The molecule has 0 aromatic rings. The van der Waals surface area contributed by atoms with Crippen molar-refractivity contribution in [3.63, 3.8) is 0 Å². The minimum atomic E-state index is -0.782. The lowest BCUT2D eigenvalue weighted by atomic mass is 9.67.